The first kappa shape index (κ1) is 17.7. The summed E-state index contributed by atoms with van der Waals surface area (Å²) in [4.78, 5) is 34.4. The molecule has 0 aromatic carbocycles. The number of thiophene rings is 1. The number of fused-ring (bicyclic) bond motifs is 3. The molecule has 7 heteroatoms. The van der Waals surface area contributed by atoms with Crippen molar-refractivity contribution in [1.29, 1.82) is 0 Å². The smallest absolute Gasteiger partial charge is 0.326 e. The zero-order valence-electron chi connectivity index (χ0n) is 15.2. The highest BCUT2D eigenvalue weighted by molar-refractivity contribution is 7.18. The van der Waals surface area contributed by atoms with Crippen LogP contribution in [-0.2, 0) is 24.2 Å². The molecule has 1 aliphatic carbocycles. The van der Waals surface area contributed by atoms with E-state index in [-0.39, 0.29) is 5.56 Å². The minimum atomic E-state index is -0.956. The Bertz CT molecular complexity index is 896. The van der Waals surface area contributed by atoms with Crippen molar-refractivity contribution in [3.05, 3.63) is 26.6 Å². The molecule has 2 aliphatic rings. The van der Waals surface area contributed by atoms with Crippen LogP contribution in [0.25, 0.3) is 10.2 Å². The lowest BCUT2D eigenvalue weighted by molar-refractivity contribution is -0.141. The Labute approximate surface area is 156 Å². The lowest BCUT2D eigenvalue weighted by Crippen LogP contribution is -2.35. The fourth-order valence-corrected chi connectivity index (χ4v) is 5.57. The third-order valence-electron chi connectivity index (χ3n) is 5.64. The van der Waals surface area contributed by atoms with Gasteiger partial charge in [-0.15, -0.1) is 11.3 Å². The predicted molar refractivity (Wildman–Crippen MR) is 102 cm³/mol. The van der Waals surface area contributed by atoms with Gasteiger partial charge in [0.2, 0.25) is 0 Å². The number of hydrogen-bond donors (Lipinski definition) is 1. The molecule has 0 amide bonds. The van der Waals surface area contributed by atoms with Crippen molar-refractivity contribution in [2.75, 3.05) is 13.1 Å². The summed E-state index contributed by atoms with van der Waals surface area (Å²) in [6, 6.07) is -0.851. The summed E-state index contributed by atoms with van der Waals surface area (Å²) >= 11 is 1.63. The second kappa shape index (κ2) is 7.12. The molecule has 1 N–H and O–H groups in total. The van der Waals surface area contributed by atoms with Crippen molar-refractivity contribution in [1.82, 2.24) is 14.5 Å². The van der Waals surface area contributed by atoms with E-state index in [0.29, 0.717) is 24.2 Å². The molecule has 26 heavy (non-hydrogen) atoms. The van der Waals surface area contributed by atoms with Crippen molar-refractivity contribution in [3.63, 3.8) is 0 Å². The summed E-state index contributed by atoms with van der Waals surface area (Å²) in [5.41, 5.74) is 0.966. The van der Waals surface area contributed by atoms with Crippen molar-refractivity contribution >= 4 is 27.5 Å². The van der Waals surface area contributed by atoms with E-state index in [1.807, 2.05) is 6.92 Å². The van der Waals surface area contributed by atoms with Gasteiger partial charge in [0.15, 0.2) is 0 Å². The highest BCUT2D eigenvalue weighted by Crippen LogP contribution is 2.34. The second-order valence-electron chi connectivity index (χ2n) is 7.34. The van der Waals surface area contributed by atoms with Gasteiger partial charge in [0, 0.05) is 4.88 Å². The molecule has 1 atom stereocenters. The Morgan fingerprint density at radius 2 is 1.96 bits per heavy atom. The first-order chi connectivity index (χ1) is 12.6. The van der Waals surface area contributed by atoms with E-state index in [4.69, 9.17) is 4.98 Å². The van der Waals surface area contributed by atoms with Crippen LogP contribution in [0.1, 0.15) is 61.3 Å². The molecule has 1 saturated heterocycles. The van der Waals surface area contributed by atoms with Crippen LogP contribution < -0.4 is 5.56 Å². The maximum absolute atomic E-state index is 13.4. The predicted octanol–water partition coefficient (Wildman–Crippen LogP) is 2.97. The van der Waals surface area contributed by atoms with Gasteiger partial charge >= 0.3 is 5.97 Å². The molecule has 1 fully saturated rings. The Balaban J connectivity index is 1.92. The molecule has 0 radical (unpaired) electrons. The Kier molecular flexibility index (Phi) is 4.84. The van der Waals surface area contributed by atoms with Crippen molar-refractivity contribution in [3.8, 4) is 0 Å². The lowest BCUT2D eigenvalue weighted by Gasteiger charge is -2.22. The largest absolute Gasteiger partial charge is 0.480 e. The average molecular weight is 375 g/mol. The molecule has 0 spiro atoms. The van der Waals surface area contributed by atoms with E-state index >= 15 is 0 Å². The van der Waals surface area contributed by atoms with Gasteiger partial charge in [-0.05, 0) is 63.6 Å². The summed E-state index contributed by atoms with van der Waals surface area (Å²) in [7, 11) is 0. The molecular formula is C19H25N3O3S. The Hall–Kier alpha value is -1.73. The maximum Gasteiger partial charge on any atom is 0.326 e. The second-order valence-corrected chi connectivity index (χ2v) is 8.42. The molecule has 0 bridgehead atoms. The van der Waals surface area contributed by atoms with Crippen molar-refractivity contribution < 1.29 is 9.90 Å². The molecule has 140 valence electrons. The number of hydrogen-bond acceptors (Lipinski definition) is 5. The van der Waals surface area contributed by atoms with E-state index < -0.39 is 12.0 Å². The molecule has 4 rings (SSSR count). The minimum absolute atomic E-state index is 0.155. The van der Waals surface area contributed by atoms with Gasteiger partial charge in [0.25, 0.3) is 5.56 Å². The van der Waals surface area contributed by atoms with E-state index in [0.717, 1.165) is 62.0 Å². The quantitative estimate of drug-likeness (QED) is 0.869. The molecular weight excluding hydrogens is 350 g/mol. The molecule has 2 aromatic rings. The zero-order chi connectivity index (χ0) is 18.3. The molecule has 1 unspecified atom stereocenters. The van der Waals surface area contributed by atoms with E-state index in [1.165, 1.54) is 9.44 Å². The van der Waals surface area contributed by atoms with E-state index in [9.17, 15) is 14.7 Å². The summed E-state index contributed by atoms with van der Waals surface area (Å²) in [6.45, 7) is 4.34. The van der Waals surface area contributed by atoms with Crippen LogP contribution in [0, 0.1) is 0 Å². The minimum Gasteiger partial charge on any atom is -0.480 e. The number of carbonyl (C=O) groups is 1. The van der Waals surface area contributed by atoms with Crippen molar-refractivity contribution in [2.45, 2.75) is 64.5 Å². The Morgan fingerprint density at radius 3 is 2.65 bits per heavy atom. The number of aromatic nitrogens is 2. The molecule has 0 saturated carbocycles. The molecule has 2 aromatic heterocycles. The van der Waals surface area contributed by atoms with Gasteiger partial charge in [-0.25, -0.2) is 9.78 Å². The standard InChI is InChI=1S/C19H25N3O3S/c1-2-13(19(24)25)22-15(11-21-9-5-6-10-21)20-17-16(18(22)23)12-7-3-4-8-14(12)26-17/h13H,2-11H2,1H3,(H,24,25). The third-order valence-corrected chi connectivity index (χ3v) is 6.83. The Morgan fingerprint density at radius 1 is 1.23 bits per heavy atom. The number of rotatable bonds is 5. The average Bonchev–Trinajstić information content (AvgIpc) is 3.24. The monoisotopic (exact) mass is 375 g/mol. The summed E-state index contributed by atoms with van der Waals surface area (Å²) in [5.74, 6) is -0.347. The fourth-order valence-electron chi connectivity index (χ4n) is 4.30. The van der Waals surface area contributed by atoms with E-state index in [1.54, 1.807) is 11.3 Å². The van der Waals surface area contributed by atoms with Crippen LogP contribution in [-0.4, -0.2) is 38.6 Å². The molecule has 1 aliphatic heterocycles. The van der Waals surface area contributed by atoms with Crippen LogP contribution in [0.2, 0.25) is 0 Å². The SMILES string of the molecule is CCC(C(=O)O)n1c(CN2CCCC2)nc2sc3c(c2c1=O)CCCC3. The normalized spacial score (nSPS) is 19.0. The first-order valence-electron chi connectivity index (χ1n) is 9.61. The van der Waals surface area contributed by atoms with Crippen LogP contribution in [0.3, 0.4) is 0 Å². The number of nitrogens with zero attached hydrogens (tertiary/aromatic N) is 3. The van der Waals surface area contributed by atoms with Crippen LogP contribution >= 0.6 is 11.3 Å². The molecule has 6 nitrogen and oxygen atoms in total. The van der Waals surface area contributed by atoms with Gasteiger partial charge in [-0.1, -0.05) is 6.92 Å². The molecule has 3 heterocycles. The van der Waals surface area contributed by atoms with Crippen LogP contribution in [0.5, 0.6) is 0 Å². The van der Waals surface area contributed by atoms with Crippen LogP contribution in [0.15, 0.2) is 4.79 Å². The number of carboxylic acids is 1. The van der Waals surface area contributed by atoms with Gasteiger partial charge in [0.05, 0.1) is 11.9 Å². The topological polar surface area (TPSA) is 75.4 Å². The summed E-state index contributed by atoms with van der Waals surface area (Å²) in [6.07, 6.45) is 6.83. The van der Waals surface area contributed by atoms with Crippen molar-refractivity contribution in [2.24, 2.45) is 0 Å². The lowest BCUT2D eigenvalue weighted by atomic mass is 9.97. The third kappa shape index (κ3) is 2.97. The van der Waals surface area contributed by atoms with Gasteiger partial charge in [-0.2, -0.15) is 0 Å². The number of likely N-dealkylation sites (tertiary alicyclic amines) is 1. The fraction of sp³-hybridized carbons (Fsp3) is 0.632. The number of aryl methyl sites for hydroxylation is 2. The maximum atomic E-state index is 13.4. The first-order valence-corrected chi connectivity index (χ1v) is 10.4. The van der Waals surface area contributed by atoms with Gasteiger partial charge in [0.1, 0.15) is 16.7 Å². The van der Waals surface area contributed by atoms with E-state index in [2.05, 4.69) is 4.90 Å². The van der Waals surface area contributed by atoms with Gasteiger partial charge in [-0.3, -0.25) is 14.3 Å². The highest BCUT2D eigenvalue weighted by Gasteiger charge is 2.28. The summed E-state index contributed by atoms with van der Waals surface area (Å²) in [5, 5.41) is 10.4. The van der Waals surface area contributed by atoms with Crippen LogP contribution in [0.4, 0.5) is 0 Å². The highest BCUT2D eigenvalue weighted by atomic mass is 32.1. The zero-order valence-corrected chi connectivity index (χ0v) is 16.0. The number of aliphatic carboxylic acids is 1. The summed E-state index contributed by atoms with van der Waals surface area (Å²) < 4.78 is 1.48. The van der Waals surface area contributed by atoms with Gasteiger partial charge < -0.3 is 5.11 Å². The number of carboxylic acid groups (broad SMARTS) is 1.